The highest BCUT2D eigenvalue weighted by molar-refractivity contribution is 4.78. The number of nitrogens with one attached hydrogen (secondary N) is 1. The molecule has 1 rings (SSSR count). The average Bonchev–Trinajstić information content (AvgIpc) is 2.15. The van der Waals surface area contributed by atoms with Crippen LogP contribution in [0.3, 0.4) is 0 Å². The molecule has 0 aromatic heterocycles. The molecular formula is C10H19F3N2. The minimum atomic E-state index is -4.02. The van der Waals surface area contributed by atoms with Gasteiger partial charge in [0.05, 0.1) is 6.42 Å². The maximum atomic E-state index is 12.0. The van der Waals surface area contributed by atoms with Gasteiger partial charge < -0.3 is 10.2 Å². The number of halogens is 3. The Kier molecular flexibility index (Phi) is 4.86. The highest BCUT2D eigenvalue weighted by Crippen LogP contribution is 2.21. The van der Waals surface area contributed by atoms with E-state index in [1.54, 1.807) is 0 Å². The molecular weight excluding hydrogens is 205 g/mol. The molecule has 0 bridgehead atoms. The van der Waals surface area contributed by atoms with Gasteiger partial charge in [0.2, 0.25) is 0 Å². The fourth-order valence-corrected chi connectivity index (χ4v) is 2.00. The maximum Gasteiger partial charge on any atom is 0.390 e. The molecule has 0 aliphatic carbocycles. The molecule has 0 radical (unpaired) electrons. The van der Waals surface area contributed by atoms with Crippen LogP contribution in [0.25, 0.3) is 0 Å². The number of hydrogen-bond acceptors (Lipinski definition) is 2. The smallest absolute Gasteiger partial charge is 0.313 e. The second-order valence-corrected chi connectivity index (χ2v) is 4.06. The highest BCUT2D eigenvalue weighted by atomic mass is 19.4. The van der Waals surface area contributed by atoms with Crippen molar-refractivity contribution >= 4 is 0 Å². The van der Waals surface area contributed by atoms with E-state index in [9.17, 15) is 13.2 Å². The van der Waals surface area contributed by atoms with Gasteiger partial charge in [0, 0.05) is 19.1 Å². The number of nitrogens with zero attached hydrogens (tertiary/aromatic N) is 1. The number of rotatable bonds is 4. The Morgan fingerprint density at radius 1 is 1.40 bits per heavy atom. The molecule has 1 saturated heterocycles. The van der Waals surface area contributed by atoms with E-state index < -0.39 is 12.6 Å². The van der Waals surface area contributed by atoms with E-state index in [1.807, 2.05) is 11.8 Å². The summed E-state index contributed by atoms with van der Waals surface area (Å²) in [7, 11) is 0. The molecule has 1 fully saturated rings. The molecule has 0 spiro atoms. The minimum absolute atomic E-state index is 0.144. The molecule has 1 atom stereocenters. The SMILES string of the molecule is CCNC1CCCN(CCC(F)(F)F)C1. The van der Waals surface area contributed by atoms with Crippen molar-refractivity contribution in [3.8, 4) is 0 Å². The van der Waals surface area contributed by atoms with E-state index in [0.717, 1.165) is 32.5 Å². The summed E-state index contributed by atoms with van der Waals surface area (Å²) in [4.78, 5) is 1.91. The largest absolute Gasteiger partial charge is 0.390 e. The quantitative estimate of drug-likeness (QED) is 0.786. The molecule has 15 heavy (non-hydrogen) atoms. The lowest BCUT2D eigenvalue weighted by molar-refractivity contribution is -0.138. The Labute approximate surface area is 88.8 Å². The van der Waals surface area contributed by atoms with Crippen LogP contribution in [0.2, 0.25) is 0 Å². The van der Waals surface area contributed by atoms with Gasteiger partial charge in [-0.2, -0.15) is 13.2 Å². The normalized spacial score (nSPS) is 24.4. The fraction of sp³-hybridized carbons (Fsp3) is 1.00. The molecule has 1 aliphatic heterocycles. The summed E-state index contributed by atoms with van der Waals surface area (Å²) in [5.74, 6) is 0. The number of hydrogen-bond donors (Lipinski definition) is 1. The van der Waals surface area contributed by atoms with Crippen molar-refractivity contribution in [3.05, 3.63) is 0 Å². The van der Waals surface area contributed by atoms with Crippen LogP contribution in [0.15, 0.2) is 0 Å². The molecule has 90 valence electrons. The van der Waals surface area contributed by atoms with Crippen LogP contribution in [0.1, 0.15) is 26.2 Å². The molecule has 1 heterocycles. The summed E-state index contributed by atoms with van der Waals surface area (Å²) in [5, 5.41) is 3.29. The van der Waals surface area contributed by atoms with Gasteiger partial charge in [-0.05, 0) is 25.9 Å². The van der Waals surface area contributed by atoms with Crippen LogP contribution in [0, 0.1) is 0 Å². The third-order valence-corrected chi connectivity index (χ3v) is 2.71. The van der Waals surface area contributed by atoms with Gasteiger partial charge in [0.25, 0.3) is 0 Å². The lowest BCUT2D eigenvalue weighted by atomic mass is 10.1. The lowest BCUT2D eigenvalue weighted by Crippen LogP contribution is -2.46. The van der Waals surface area contributed by atoms with Gasteiger partial charge in [-0.25, -0.2) is 0 Å². The van der Waals surface area contributed by atoms with Gasteiger partial charge in [-0.1, -0.05) is 6.92 Å². The van der Waals surface area contributed by atoms with Crippen LogP contribution in [-0.2, 0) is 0 Å². The molecule has 0 aromatic carbocycles. The van der Waals surface area contributed by atoms with E-state index in [0.29, 0.717) is 6.04 Å². The second-order valence-electron chi connectivity index (χ2n) is 4.06. The standard InChI is InChI=1S/C10H19F3N2/c1-2-14-9-4-3-6-15(8-9)7-5-10(11,12)13/h9,14H,2-8H2,1H3. The van der Waals surface area contributed by atoms with Crippen molar-refractivity contribution < 1.29 is 13.2 Å². The first kappa shape index (κ1) is 12.8. The van der Waals surface area contributed by atoms with Crippen LogP contribution in [0.5, 0.6) is 0 Å². The third kappa shape index (κ3) is 5.37. The average molecular weight is 224 g/mol. The van der Waals surface area contributed by atoms with E-state index in [4.69, 9.17) is 0 Å². The van der Waals surface area contributed by atoms with Crippen LogP contribution in [0.4, 0.5) is 13.2 Å². The lowest BCUT2D eigenvalue weighted by Gasteiger charge is -2.33. The first-order valence-corrected chi connectivity index (χ1v) is 5.54. The molecule has 2 nitrogen and oxygen atoms in total. The first-order valence-electron chi connectivity index (χ1n) is 5.54. The van der Waals surface area contributed by atoms with Crippen molar-refractivity contribution in [2.75, 3.05) is 26.2 Å². The van der Waals surface area contributed by atoms with Gasteiger partial charge >= 0.3 is 6.18 Å². The topological polar surface area (TPSA) is 15.3 Å². The second kappa shape index (κ2) is 5.70. The maximum absolute atomic E-state index is 12.0. The van der Waals surface area contributed by atoms with Crippen LogP contribution < -0.4 is 5.32 Å². The molecule has 5 heteroatoms. The fourth-order valence-electron chi connectivity index (χ4n) is 2.00. The number of likely N-dealkylation sites (N-methyl/N-ethyl adjacent to an activating group) is 1. The highest BCUT2D eigenvalue weighted by Gasteiger charge is 2.29. The summed E-state index contributed by atoms with van der Waals surface area (Å²) in [6, 6.07) is 0.372. The van der Waals surface area contributed by atoms with Crippen molar-refractivity contribution in [1.29, 1.82) is 0 Å². The van der Waals surface area contributed by atoms with Crippen molar-refractivity contribution in [2.45, 2.75) is 38.4 Å². The number of piperidine rings is 1. The van der Waals surface area contributed by atoms with Gasteiger partial charge in [-0.15, -0.1) is 0 Å². The van der Waals surface area contributed by atoms with Crippen LogP contribution >= 0.6 is 0 Å². The Morgan fingerprint density at radius 3 is 2.73 bits per heavy atom. The zero-order valence-electron chi connectivity index (χ0n) is 9.11. The van der Waals surface area contributed by atoms with Crippen molar-refractivity contribution in [1.82, 2.24) is 10.2 Å². The molecule has 0 amide bonds. The Morgan fingerprint density at radius 2 is 2.13 bits per heavy atom. The Bertz CT molecular complexity index is 180. The Hall–Kier alpha value is -0.290. The van der Waals surface area contributed by atoms with Crippen molar-refractivity contribution in [2.24, 2.45) is 0 Å². The monoisotopic (exact) mass is 224 g/mol. The number of likely N-dealkylation sites (tertiary alicyclic amines) is 1. The summed E-state index contributed by atoms with van der Waals surface area (Å²) >= 11 is 0. The molecule has 0 aromatic rings. The Balaban J connectivity index is 2.24. The third-order valence-electron chi connectivity index (χ3n) is 2.71. The van der Waals surface area contributed by atoms with Gasteiger partial charge in [0.15, 0.2) is 0 Å². The summed E-state index contributed by atoms with van der Waals surface area (Å²) < 4.78 is 36.0. The zero-order chi connectivity index (χ0) is 11.3. The van der Waals surface area contributed by atoms with Crippen molar-refractivity contribution in [3.63, 3.8) is 0 Å². The van der Waals surface area contributed by atoms with Crippen LogP contribution in [-0.4, -0.2) is 43.3 Å². The predicted octanol–water partition coefficient (Wildman–Crippen LogP) is 2.01. The molecule has 1 unspecified atom stereocenters. The summed E-state index contributed by atoms with van der Waals surface area (Å²) in [6.07, 6.45) is -2.64. The number of alkyl halides is 3. The molecule has 1 N–H and O–H groups in total. The van der Waals surface area contributed by atoms with E-state index >= 15 is 0 Å². The van der Waals surface area contributed by atoms with Gasteiger partial charge in [0.1, 0.15) is 0 Å². The zero-order valence-corrected chi connectivity index (χ0v) is 9.11. The van der Waals surface area contributed by atoms with E-state index in [2.05, 4.69) is 5.32 Å². The van der Waals surface area contributed by atoms with E-state index in [-0.39, 0.29) is 6.54 Å². The molecule has 0 saturated carbocycles. The summed E-state index contributed by atoms with van der Waals surface area (Å²) in [6.45, 7) is 4.61. The summed E-state index contributed by atoms with van der Waals surface area (Å²) in [5.41, 5.74) is 0. The first-order chi connectivity index (χ1) is 7.01. The predicted molar refractivity (Wildman–Crippen MR) is 53.8 cm³/mol. The molecule has 1 aliphatic rings. The van der Waals surface area contributed by atoms with Gasteiger partial charge in [-0.3, -0.25) is 0 Å². The van der Waals surface area contributed by atoms with E-state index in [1.165, 1.54) is 0 Å². The minimum Gasteiger partial charge on any atom is -0.313 e.